The van der Waals surface area contributed by atoms with Gasteiger partial charge in [0.1, 0.15) is 0 Å². The molecule has 3 heteroatoms. The molecule has 0 spiro atoms. The third kappa shape index (κ3) is 2.59. The molecular formula is C15H30N2O. The van der Waals surface area contributed by atoms with Crippen molar-refractivity contribution in [2.75, 3.05) is 19.7 Å². The van der Waals surface area contributed by atoms with Gasteiger partial charge in [-0.2, -0.15) is 0 Å². The van der Waals surface area contributed by atoms with Gasteiger partial charge in [-0.05, 0) is 52.5 Å². The van der Waals surface area contributed by atoms with Crippen molar-refractivity contribution in [3.8, 4) is 0 Å². The normalized spacial score (nSPS) is 43.0. The molecule has 18 heavy (non-hydrogen) atoms. The summed E-state index contributed by atoms with van der Waals surface area (Å²) in [6, 6.07) is 0.682. The summed E-state index contributed by atoms with van der Waals surface area (Å²) in [5.74, 6) is 0. The third-order valence-electron chi connectivity index (χ3n) is 5.26. The number of rotatable bonds is 3. The Labute approximate surface area is 112 Å². The Balaban J connectivity index is 2.18. The van der Waals surface area contributed by atoms with Gasteiger partial charge in [-0.1, -0.05) is 13.3 Å². The van der Waals surface area contributed by atoms with Crippen LogP contribution in [0.1, 0.15) is 59.3 Å². The maximum absolute atomic E-state index is 6.21. The molecule has 0 aliphatic carbocycles. The van der Waals surface area contributed by atoms with Gasteiger partial charge < -0.3 is 10.5 Å². The van der Waals surface area contributed by atoms with Crippen LogP contribution in [-0.4, -0.2) is 41.8 Å². The fourth-order valence-corrected chi connectivity index (χ4v) is 3.89. The molecule has 3 nitrogen and oxygen atoms in total. The standard InChI is InChI=1S/C15H30N2O/c1-4-14(3)11-15(12-16,8-10-18-14)17-9-6-5-7-13(17)2/h13H,4-12,16H2,1-3H3. The van der Waals surface area contributed by atoms with Crippen LogP contribution in [0.4, 0.5) is 0 Å². The molecule has 3 unspecified atom stereocenters. The van der Waals surface area contributed by atoms with Crippen LogP contribution in [-0.2, 0) is 4.74 Å². The second kappa shape index (κ2) is 5.48. The molecule has 3 atom stereocenters. The molecule has 0 aromatic carbocycles. The molecule has 0 bridgehead atoms. The Kier molecular flexibility index (Phi) is 4.35. The first-order valence-electron chi connectivity index (χ1n) is 7.66. The molecule has 0 aromatic rings. The predicted octanol–water partition coefficient (Wildman–Crippen LogP) is 2.54. The average molecular weight is 254 g/mol. The quantitative estimate of drug-likeness (QED) is 0.841. The number of nitrogens with two attached hydrogens (primary N) is 1. The monoisotopic (exact) mass is 254 g/mol. The third-order valence-corrected chi connectivity index (χ3v) is 5.26. The van der Waals surface area contributed by atoms with Gasteiger partial charge in [-0.25, -0.2) is 0 Å². The highest BCUT2D eigenvalue weighted by Gasteiger charge is 2.46. The summed E-state index contributed by atoms with van der Waals surface area (Å²) < 4.78 is 6.02. The summed E-state index contributed by atoms with van der Waals surface area (Å²) >= 11 is 0. The van der Waals surface area contributed by atoms with Gasteiger partial charge in [0, 0.05) is 24.7 Å². The number of likely N-dealkylation sites (tertiary alicyclic amines) is 1. The van der Waals surface area contributed by atoms with Crippen LogP contribution in [0.15, 0.2) is 0 Å². The van der Waals surface area contributed by atoms with Crippen LogP contribution in [0.25, 0.3) is 0 Å². The molecule has 2 fully saturated rings. The van der Waals surface area contributed by atoms with E-state index in [2.05, 4.69) is 25.7 Å². The van der Waals surface area contributed by atoms with E-state index in [9.17, 15) is 0 Å². The van der Waals surface area contributed by atoms with E-state index in [0.29, 0.717) is 6.04 Å². The molecule has 2 saturated heterocycles. The van der Waals surface area contributed by atoms with Crippen molar-refractivity contribution in [1.82, 2.24) is 4.90 Å². The molecule has 2 heterocycles. The zero-order valence-electron chi connectivity index (χ0n) is 12.4. The van der Waals surface area contributed by atoms with E-state index in [4.69, 9.17) is 10.5 Å². The van der Waals surface area contributed by atoms with E-state index in [-0.39, 0.29) is 11.1 Å². The Bertz CT molecular complexity index is 284. The van der Waals surface area contributed by atoms with E-state index in [1.54, 1.807) is 0 Å². The largest absolute Gasteiger partial charge is 0.375 e. The van der Waals surface area contributed by atoms with Crippen molar-refractivity contribution in [3.63, 3.8) is 0 Å². The fraction of sp³-hybridized carbons (Fsp3) is 1.00. The summed E-state index contributed by atoms with van der Waals surface area (Å²) in [5, 5.41) is 0. The second-order valence-electron chi connectivity index (χ2n) is 6.55. The highest BCUT2D eigenvalue weighted by atomic mass is 16.5. The van der Waals surface area contributed by atoms with Crippen molar-refractivity contribution in [2.24, 2.45) is 5.73 Å². The first-order valence-corrected chi connectivity index (χ1v) is 7.66. The van der Waals surface area contributed by atoms with Crippen LogP contribution >= 0.6 is 0 Å². The van der Waals surface area contributed by atoms with Crippen LogP contribution in [0.3, 0.4) is 0 Å². The highest BCUT2D eigenvalue weighted by Crippen LogP contribution is 2.40. The van der Waals surface area contributed by atoms with Crippen LogP contribution in [0, 0.1) is 0 Å². The van der Waals surface area contributed by atoms with E-state index in [1.165, 1.54) is 25.8 Å². The molecule has 2 rings (SSSR count). The minimum atomic E-state index is 0.0226. The summed E-state index contributed by atoms with van der Waals surface area (Å²) in [4.78, 5) is 2.70. The lowest BCUT2D eigenvalue weighted by atomic mass is 9.76. The number of hydrogen-bond donors (Lipinski definition) is 1. The zero-order chi connectivity index (χ0) is 13.2. The molecule has 106 valence electrons. The average Bonchev–Trinajstić information content (AvgIpc) is 2.39. The Morgan fingerprint density at radius 1 is 1.39 bits per heavy atom. The molecule has 0 saturated carbocycles. The number of ether oxygens (including phenoxy) is 1. The topological polar surface area (TPSA) is 38.5 Å². The lowest BCUT2D eigenvalue weighted by Crippen LogP contribution is -2.64. The van der Waals surface area contributed by atoms with Crippen molar-refractivity contribution >= 4 is 0 Å². The van der Waals surface area contributed by atoms with Crippen molar-refractivity contribution in [3.05, 3.63) is 0 Å². The van der Waals surface area contributed by atoms with E-state index in [0.717, 1.165) is 32.4 Å². The molecular weight excluding hydrogens is 224 g/mol. The minimum Gasteiger partial charge on any atom is -0.375 e. The van der Waals surface area contributed by atoms with Gasteiger partial charge in [-0.3, -0.25) is 4.90 Å². The van der Waals surface area contributed by atoms with Gasteiger partial charge in [0.05, 0.1) is 5.60 Å². The molecule has 0 aromatic heterocycles. The van der Waals surface area contributed by atoms with Gasteiger partial charge in [0.25, 0.3) is 0 Å². The van der Waals surface area contributed by atoms with E-state index in [1.807, 2.05) is 0 Å². The van der Waals surface area contributed by atoms with E-state index < -0.39 is 0 Å². The van der Waals surface area contributed by atoms with Crippen LogP contribution in [0.5, 0.6) is 0 Å². The Morgan fingerprint density at radius 2 is 2.17 bits per heavy atom. The lowest BCUT2D eigenvalue weighted by molar-refractivity contribution is -0.139. The predicted molar refractivity (Wildman–Crippen MR) is 75.7 cm³/mol. The Hall–Kier alpha value is -0.120. The SMILES string of the molecule is CCC1(C)CC(CN)(N2CCCCC2C)CCO1. The molecule has 2 aliphatic heterocycles. The summed E-state index contributed by atoms with van der Waals surface area (Å²) in [5.41, 5.74) is 6.42. The first kappa shape index (κ1) is 14.3. The fourth-order valence-electron chi connectivity index (χ4n) is 3.89. The molecule has 2 aliphatic rings. The first-order chi connectivity index (χ1) is 8.55. The maximum Gasteiger partial charge on any atom is 0.0670 e. The highest BCUT2D eigenvalue weighted by molar-refractivity contribution is 5.02. The van der Waals surface area contributed by atoms with Gasteiger partial charge in [-0.15, -0.1) is 0 Å². The number of nitrogens with zero attached hydrogens (tertiary/aromatic N) is 1. The second-order valence-corrected chi connectivity index (χ2v) is 6.55. The Morgan fingerprint density at radius 3 is 2.78 bits per heavy atom. The summed E-state index contributed by atoms with van der Waals surface area (Å²) in [6.07, 6.45) is 7.30. The van der Waals surface area contributed by atoms with Crippen molar-refractivity contribution in [1.29, 1.82) is 0 Å². The van der Waals surface area contributed by atoms with Gasteiger partial charge in [0.2, 0.25) is 0 Å². The molecule has 0 amide bonds. The molecule has 2 N–H and O–H groups in total. The molecule has 0 radical (unpaired) electrons. The van der Waals surface area contributed by atoms with Crippen LogP contribution in [0.2, 0.25) is 0 Å². The minimum absolute atomic E-state index is 0.0226. The smallest absolute Gasteiger partial charge is 0.0670 e. The number of piperidine rings is 1. The zero-order valence-corrected chi connectivity index (χ0v) is 12.4. The van der Waals surface area contributed by atoms with Gasteiger partial charge >= 0.3 is 0 Å². The van der Waals surface area contributed by atoms with E-state index >= 15 is 0 Å². The maximum atomic E-state index is 6.21. The van der Waals surface area contributed by atoms with Gasteiger partial charge in [0.15, 0.2) is 0 Å². The van der Waals surface area contributed by atoms with Crippen molar-refractivity contribution < 1.29 is 4.74 Å². The van der Waals surface area contributed by atoms with Crippen molar-refractivity contribution in [2.45, 2.75) is 76.5 Å². The summed E-state index contributed by atoms with van der Waals surface area (Å²) in [7, 11) is 0. The lowest BCUT2D eigenvalue weighted by Gasteiger charge is -2.54. The summed E-state index contributed by atoms with van der Waals surface area (Å²) in [6.45, 7) is 9.71. The van der Waals surface area contributed by atoms with Crippen LogP contribution < -0.4 is 5.73 Å². The number of hydrogen-bond acceptors (Lipinski definition) is 3.